The normalized spacial score (nSPS) is 10.4. The van der Waals surface area contributed by atoms with Crippen molar-refractivity contribution in [1.82, 2.24) is 0 Å². The Labute approximate surface area is 102 Å². The third kappa shape index (κ3) is 4.44. The molecule has 94 valence electrons. The first kappa shape index (κ1) is 13.5. The van der Waals surface area contributed by atoms with E-state index in [4.69, 9.17) is 9.47 Å². The molecule has 0 bridgehead atoms. The standard InChI is InChI=1S/C13H19NO3/c1-9(2)17-8-13(15)14-12-6-5-11(16-4)7-10(12)3/h5-7,9H,8H2,1-4H3,(H,14,15). The van der Waals surface area contributed by atoms with Gasteiger partial charge in [-0.05, 0) is 44.5 Å². The van der Waals surface area contributed by atoms with E-state index in [9.17, 15) is 4.79 Å². The van der Waals surface area contributed by atoms with Crippen LogP contribution in [0.2, 0.25) is 0 Å². The number of carbonyl (C=O) groups excluding carboxylic acids is 1. The summed E-state index contributed by atoms with van der Waals surface area (Å²) in [6, 6.07) is 5.51. The van der Waals surface area contributed by atoms with Gasteiger partial charge in [-0.15, -0.1) is 0 Å². The third-order valence-corrected chi connectivity index (χ3v) is 2.26. The lowest BCUT2D eigenvalue weighted by Crippen LogP contribution is -2.21. The lowest BCUT2D eigenvalue weighted by Gasteiger charge is -2.11. The fourth-order valence-electron chi connectivity index (χ4n) is 1.33. The van der Waals surface area contributed by atoms with Gasteiger partial charge in [0.1, 0.15) is 12.4 Å². The number of amides is 1. The molecule has 0 aliphatic heterocycles. The predicted molar refractivity (Wildman–Crippen MR) is 67.4 cm³/mol. The number of anilines is 1. The fraction of sp³-hybridized carbons (Fsp3) is 0.462. The number of ether oxygens (including phenoxy) is 2. The second kappa shape index (κ2) is 6.25. The molecular formula is C13H19NO3. The van der Waals surface area contributed by atoms with E-state index >= 15 is 0 Å². The van der Waals surface area contributed by atoms with Crippen LogP contribution >= 0.6 is 0 Å². The maximum Gasteiger partial charge on any atom is 0.250 e. The van der Waals surface area contributed by atoms with Gasteiger partial charge in [0.2, 0.25) is 5.91 Å². The molecule has 0 heterocycles. The van der Waals surface area contributed by atoms with Crippen molar-refractivity contribution in [1.29, 1.82) is 0 Å². The van der Waals surface area contributed by atoms with E-state index in [0.29, 0.717) is 0 Å². The van der Waals surface area contributed by atoms with Crippen LogP contribution in [0.3, 0.4) is 0 Å². The lowest BCUT2D eigenvalue weighted by atomic mass is 10.2. The summed E-state index contributed by atoms with van der Waals surface area (Å²) in [5, 5.41) is 2.80. The third-order valence-electron chi connectivity index (χ3n) is 2.26. The van der Waals surface area contributed by atoms with Crippen LogP contribution in [0.5, 0.6) is 5.75 Å². The van der Waals surface area contributed by atoms with Crippen LogP contribution in [0.15, 0.2) is 18.2 Å². The first-order valence-electron chi connectivity index (χ1n) is 5.59. The summed E-state index contributed by atoms with van der Waals surface area (Å²) in [7, 11) is 1.61. The minimum atomic E-state index is -0.146. The zero-order valence-corrected chi connectivity index (χ0v) is 10.7. The number of rotatable bonds is 5. The minimum Gasteiger partial charge on any atom is -0.497 e. The molecule has 0 radical (unpaired) electrons. The van der Waals surface area contributed by atoms with Gasteiger partial charge in [-0.2, -0.15) is 0 Å². The summed E-state index contributed by atoms with van der Waals surface area (Å²) in [5.41, 5.74) is 1.74. The van der Waals surface area contributed by atoms with Gasteiger partial charge in [0, 0.05) is 5.69 Å². The number of methoxy groups -OCH3 is 1. The van der Waals surface area contributed by atoms with Gasteiger partial charge in [0.05, 0.1) is 13.2 Å². The van der Waals surface area contributed by atoms with Crippen LogP contribution in [-0.4, -0.2) is 25.7 Å². The van der Waals surface area contributed by atoms with Crippen LogP contribution in [0.1, 0.15) is 19.4 Å². The van der Waals surface area contributed by atoms with Gasteiger partial charge >= 0.3 is 0 Å². The van der Waals surface area contributed by atoms with E-state index in [2.05, 4.69) is 5.32 Å². The van der Waals surface area contributed by atoms with Gasteiger partial charge in [0.25, 0.3) is 0 Å². The molecule has 0 unspecified atom stereocenters. The van der Waals surface area contributed by atoms with Crippen LogP contribution in [0.4, 0.5) is 5.69 Å². The van der Waals surface area contributed by atoms with Gasteiger partial charge in [0.15, 0.2) is 0 Å². The zero-order valence-electron chi connectivity index (χ0n) is 10.7. The molecule has 0 aliphatic rings. The molecule has 0 fully saturated rings. The molecule has 0 atom stereocenters. The van der Waals surface area contributed by atoms with Crippen molar-refractivity contribution < 1.29 is 14.3 Å². The number of carbonyl (C=O) groups is 1. The van der Waals surface area contributed by atoms with Crippen molar-refractivity contribution in [3.05, 3.63) is 23.8 Å². The molecular weight excluding hydrogens is 218 g/mol. The van der Waals surface area contributed by atoms with E-state index < -0.39 is 0 Å². The van der Waals surface area contributed by atoms with Crippen molar-refractivity contribution in [3.8, 4) is 5.75 Å². The molecule has 0 aliphatic carbocycles. The van der Waals surface area contributed by atoms with E-state index in [0.717, 1.165) is 17.0 Å². The van der Waals surface area contributed by atoms with Crippen molar-refractivity contribution in [2.24, 2.45) is 0 Å². The van der Waals surface area contributed by atoms with Crippen LogP contribution in [-0.2, 0) is 9.53 Å². The van der Waals surface area contributed by atoms with Crippen molar-refractivity contribution in [2.45, 2.75) is 26.9 Å². The molecule has 1 aromatic rings. The Morgan fingerprint density at radius 1 is 1.41 bits per heavy atom. The van der Waals surface area contributed by atoms with Crippen molar-refractivity contribution in [2.75, 3.05) is 19.0 Å². The number of benzene rings is 1. The molecule has 1 N–H and O–H groups in total. The Balaban J connectivity index is 2.59. The largest absolute Gasteiger partial charge is 0.497 e. The molecule has 0 saturated heterocycles. The van der Waals surface area contributed by atoms with Gasteiger partial charge < -0.3 is 14.8 Å². The summed E-state index contributed by atoms with van der Waals surface area (Å²) >= 11 is 0. The monoisotopic (exact) mass is 237 g/mol. The Bertz CT molecular complexity index is 388. The highest BCUT2D eigenvalue weighted by Gasteiger charge is 2.06. The maximum atomic E-state index is 11.6. The molecule has 0 spiro atoms. The average Bonchev–Trinajstić information content (AvgIpc) is 2.29. The topological polar surface area (TPSA) is 47.6 Å². The Hall–Kier alpha value is -1.55. The van der Waals surface area contributed by atoms with Crippen molar-refractivity contribution in [3.63, 3.8) is 0 Å². The van der Waals surface area contributed by atoms with Gasteiger partial charge in [-0.1, -0.05) is 0 Å². The van der Waals surface area contributed by atoms with E-state index in [1.54, 1.807) is 7.11 Å². The number of aryl methyl sites for hydroxylation is 1. The predicted octanol–water partition coefficient (Wildman–Crippen LogP) is 2.37. The molecule has 1 amide bonds. The Morgan fingerprint density at radius 2 is 2.12 bits per heavy atom. The summed E-state index contributed by atoms with van der Waals surface area (Å²) in [6.07, 6.45) is 0.0534. The molecule has 0 aromatic heterocycles. The second-order valence-corrected chi connectivity index (χ2v) is 4.09. The van der Waals surface area contributed by atoms with E-state index in [-0.39, 0.29) is 18.6 Å². The smallest absolute Gasteiger partial charge is 0.250 e. The number of nitrogens with one attached hydrogen (secondary N) is 1. The zero-order chi connectivity index (χ0) is 12.8. The highest BCUT2D eigenvalue weighted by atomic mass is 16.5. The second-order valence-electron chi connectivity index (χ2n) is 4.09. The average molecular weight is 237 g/mol. The van der Waals surface area contributed by atoms with Gasteiger partial charge in [-0.25, -0.2) is 0 Å². The molecule has 4 heteroatoms. The summed E-state index contributed by atoms with van der Waals surface area (Å²) < 4.78 is 10.3. The maximum absolute atomic E-state index is 11.6. The molecule has 17 heavy (non-hydrogen) atoms. The van der Waals surface area contributed by atoms with Crippen LogP contribution in [0, 0.1) is 6.92 Å². The summed E-state index contributed by atoms with van der Waals surface area (Å²) in [4.78, 5) is 11.6. The van der Waals surface area contributed by atoms with Crippen molar-refractivity contribution >= 4 is 11.6 Å². The molecule has 1 rings (SSSR count). The molecule has 4 nitrogen and oxygen atoms in total. The van der Waals surface area contributed by atoms with Gasteiger partial charge in [-0.3, -0.25) is 4.79 Å². The Morgan fingerprint density at radius 3 is 2.65 bits per heavy atom. The Kier molecular flexibility index (Phi) is 4.97. The summed E-state index contributed by atoms with van der Waals surface area (Å²) in [5.74, 6) is 0.630. The van der Waals surface area contributed by atoms with Crippen LogP contribution in [0.25, 0.3) is 0 Å². The van der Waals surface area contributed by atoms with E-state index in [1.165, 1.54) is 0 Å². The quantitative estimate of drug-likeness (QED) is 0.855. The number of hydrogen-bond donors (Lipinski definition) is 1. The first-order chi connectivity index (χ1) is 8.02. The fourth-order valence-corrected chi connectivity index (χ4v) is 1.33. The first-order valence-corrected chi connectivity index (χ1v) is 5.59. The number of hydrogen-bond acceptors (Lipinski definition) is 3. The molecule has 1 aromatic carbocycles. The summed E-state index contributed by atoms with van der Waals surface area (Å²) in [6.45, 7) is 5.78. The van der Waals surface area contributed by atoms with E-state index in [1.807, 2.05) is 39.0 Å². The lowest BCUT2D eigenvalue weighted by molar-refractivity contribution is -0.121. The minimum absolute atomic E-state index is 0.0534. The highest BCUT2D eigenvalue weighted by molar-refractivity contribution is 5.92. The SMILES string of the molecule is COc1ccc(NC(=O)COC(C)C)c(C)c1. The molecule has 0 saturated carbocycles. The van der Waals surface area contributed by atoms with Crippen LogP contribution < -0.4 is 10.1 Å². The highest BCUT2D eigenvalue weighted by Crippen LogP contribution is 2.20.